The van der Waals surface area contributed by atoms with Crippen LogP contribution < -0.4 is 10.6 Å². The summed E-state index contributed by atoms with van der Waals surface area (Å²) in [6.45, 7) is 1.58. The molecule has 5 rings (SSSR count). The first kappa shape index (κ1) is 15.6. The summed E-state index contributed by atoms with van der Waals surface area (Å²) in [6, 6.07) is 7.52. The van der Waals surface area contributed by atoms with Crippen LogP contribution in [0.1, 0.15) is 37.5 Å². The van der Waals surface area contributed by atoms with Gasteiger partial charge in [0.2, 0.25) is 0 Å². The number of hydrogen-bond donors (Lipinski definition) is 2. The van der Waals surface area contributed by atoms with E-state index in [-0.39, 0.29) is 5.91 Å². The number of carbonyl (C=O) groups is 1. The average molecular weight is 351 g/mol. The van der Waals surface area contributed by atoms with E-state index in [0.29, 0.717) is 18.8 Å². The average Bonchev–Trinajstić information content (AvgIpc) is 3.19. The molecule has 1 aliphatic carbocycles. The minimum atomic E-state index is -0.662. The van der Waals surface area contributed by atoms with Crippen molar-refractivity contribution in [2.24, 2.45) is 0 Å². The molecule has 1 aliphatic heterocycles. The van der Waals surface area contributed by atoms with Crippen LogP contribution in [0.25, 0.3) is 11.1 Å². The Labute approximate surface area is 150 Å². The highest BCUT2D eigenvalue weighted by atomic mass is 16.3. The van der Waals surface area contributed by atoms with Crippen LogP contribution in [0, 0.1) is 0 Å². The van der Waals surface area contributed by atoms with E-state index in [0.717, 1.165) is 48.6 Å². The number of piperidine rings is 1. The lowest BCUT2D eigenvalue weighted by atomic mass is 9.87. The fraction of sp³-hybridized carbons (Fsp3) is 0.421. The molecule has 1 saturated carbocycles. The van der Waals surface area contributed by atoms with Crippen molar-refractivity contribution in [1.82, 2.24) is 20.1 Å². The number of carbonyl (C=O) groups excluding carboxylic acids is 1. The van der Waals surface area contributed by atoms with Crippen molar-refractivity contribution >= 4 is 22.7 Å². The molecule has 2 aliphatic rings. The van der Waals surface area contributed by atoms with Crippen molar-refractivity contribution in [2.75, 3.05) is 18.4 Å². The van der Waals surface area contributed by atoms with Gasteiger partial charge < -0.3 is 15.1 Å². The maximum Gasteiger partial charge on any atom is 0.252 e. The third kappa shape index (κ3) is 2.59. The second kappa shape index (κ2) is 5.95. The van der Waals surface area contributed by atoms with Gasteiger partial charge in [-0.15, -0.1) is 0 Å². The number of rotatable bonds is 4. The molecular formula is C19H21N5O2. The van der Waals surface area contributed by atoms with Gasteiger partial charge in [-0.3, -0.25) is 9.48 Å². The predicted octanol–water partition coefficient (Wildman–Crippen LogP) is 2.62. The standard InChI is InChI=1S/C19H21N5O2/c25-18(19(6-9-20-10-7-19)24-11-1-8-21-24)22-14-4-5-15-16(12-14)26-17(23-15)13-2-3-13/h1,4-5,8,11-13,20H,2-3,6-7,9-10H2,(H,22,25). The molecule has 26 heavy (non-hydrogen) atoms. The fourth-order valence-electron chi connectivity index (χ4n) is 3.70. The Kier molecular flexibility index (Phi) is 3.56. The maximum atomic E-state index is 13.2. The van der Waals surface area contributed by atoms with Crippen LogP contribution in [0.15, 0.2) is 41.1 Å². The molecule has 0 spiro atoms. The molecule has 0 unspecified atom stereocenters. The van der Waals surface area contributed by atoms with E-state index in [9.17, 15) is 4.79 Å². The lowest BCUT2D eigenvalue weighted by molar-refractivity contribution is -0.126. The largest absolute Gasteiger partial charge is 0.440 e. The van der Waals surface area contributed by atoms with Gasteiger partial charge in [-0.1, -0.05) is 0 Å². The van der Waals surface area contributed by atoms with Crippen molar-refractivity contribution in [3.05, 3.63) is 42.5 Å². The topological polar surface area (TPSA) is 85.0 Å². The number of anilines is 1. The molecular weight excluding hydrogens is 330 g/mol. The zero-order valence-electron chi connectivity index (χ0n) is 14.4. The molecule has 3 heterocycles. The number of amides is 1. The Morgan fingerprint density at radius 1 is 1.31 bits per heavy atom. The highest BCUT2D eigenvalue weighted by Gasteiger charge is 2.42. The SMILES string of the molecule is O=C(Nc1ccc2nc(C3CC3)oc2c1)C1(n2cccn2)CCNCC1. The number of benzene rings is 1. The minimum Gasteiger partial charge on any atom is -0.440 e. The number of oxazole rings is 1. The van der Waals surface area contributed by atoms with E-state index < -0.39 is 5.54 Å². The molecule has 2 N–H and O–H groups in total. The summed E-state index contributed by atoms with van der Waals surface area (Å²) >= 11 is 0. The van der Waals surface area contributed by atoms with Crippen LogP contribution in [0.5, 0.6) is 0 Å². The fourth-order valence-corrected chi connectivity index (χ4v) is 3.70. The minimum absolute atomic E-state index is 0.0380. The zero-order chi connectivity index (χ0) is 17.6. The number of nitrogens with one attached hydrogen (secondary N) is 2. The van der Waals surface area contributed by atoms with E-state index in [1.807, 2.05) is 30.5 Å². The molecule has 3 aromatic rings. The molecule has 0 radical (unpaired) electrons. The summed E-state index contributed by atoms with van der Waals surface area (Å²) in [6.07, 6.45) is 7.30. The maximum absolute atomic E-state index is 13.2. The molecule has 7 nitrogen and oxygen atoms in total. The van der Waals surface area contributed by atoms with Gasteiger partial charge >= 0.3 is 0 Å². The van der Waals surface area contributed by atoms with Crippen LogP contribution >= 0.6 is 0 Å². The van der Waals surface area contributed by atoms with Crippen LogP contribution in [0.4, 0.5) is 5.69 Å². The molecule has 0 bridgehead atoms. The normalized spacial score (nSPS) is 19.5. The summed E-state index contributed by atoms with van der Waals surface area (Å²) in [5.41, 5.74) is 1.63. The van der Waals surface area contributed by atoms with Gasteiger partial charge in [0.1, 0.15) is 11.1 Å². The zero-order valence-corrected chi connectivity index (χ0v) is 14.4. The summed E-state index contributed by atoms with van der Waals surface area (Å²) in [5, 5.41) is 10.7. The van der Waals surface area contributed by atoms with E-state index in [2.05, 4.69) is 20.7 Å². The molecule has 1 saturated heterocycles. The van der Waals surface area contributed by atoms with Gasteiger partial charge in [0.25, 0.3) is 5.91 Å². The van der Waals surface area contributed by atoms with E-state index in [1.165, 1.54) is 0 Å². The first-order valence-corrected chi connectivity index (χ1v) is 9.17. The Hall–Kier alpha value is -2.67. The van der Waals surface area contributed by atoms with Crippen molar-refractivity contribution in [2.45, 2.75) is 37.1 Å². The summed E-state index contributed by atoms with van der Waals surface area (Å²) in [4.78, 5) is 17.7. The Balaban J connectivity index is 1.43. The van der Waals surface area contributed by atoms with Crippen LogP contribution in [-0.4, -0.2) is 33.8 Å². The third-order valence-corrected chi connectivity index (χ3v) is 5.39. The molecule has 2 aromatic heterocycles. The number of nitrogens with zero attached hydrogens (tertiary/aromatic N) is 3. The second-order valence-electron chi connectivity index (χ2n) is 7.20. The van der Waals surface area contributed by atoms with Gasteiger partial charge in [0.15, 0.2) is 11.5 Å². The van der Waals surface area contributed by atoms with Crippen LogP contribution in [-0.2, 0) is 10.3 Å². The first-order chi connectivity index (χ1) is 12.7. The van der Waals surface area contributed by atoms with Crippen molar-refractivity contribution in [1.29, 1.82) is 0 Å². The number of hydrogen-bond acceptors (Lipinski definition) is 5. The van der Waals surface area contributed by atoms with Crippen LogP contribution in [0.2, 0.25) is 0 Å². The highest BCUT2D eigenvalue weighted by Crippen LogP contribution is 2.40. The molecule has 1 amide bonds. The second-order valence-corrected chi connectivity index (χ2v) is 7.20. The Bertz CT molecular complexity index is 936. The quantitative estimate of drug-likeness (QED) is 0.755. The van der Waals surface area contributed by atoms with Crippen LogP contribution in [0.3, 0.4) is 0 Å². The first-order valence-electron chi connectivity index (χ1n) is 9.17. The van der Waals surface area contributed by atoms with E-state index in [1.54, 1.807) is 10.9 Å². The van der Waals surface area contributed by atoms with Crippen molar-refractivity contribution in [3.8, 4) is 0 Å². The van der Waals surface area contributed by atoms with Crippen molar-refractivity contribution < 1.29 is 9.21 Å². The number of fused-ring (bicyclic) bond motifs is 1. The van der Waals surface area contributed by atoms with Gasteiger partial charge in [0, 0.05) is 30.1 Å². The molecule has 0 atom stereocenters. The lowest BCUT2D eigenvalue weighted by Crippen LogP contribution is -2.52. The van der Waals surface area contributed by atoms with E-state index >= 15 is 0 Å². The third-order valence-electron chi connectivity index (χ3n) is 5.39. The molecule has 2 fully saturated rings. The van der Waals surface area contributed by atoms with Gasteiger partial charge in [-0.2, -0.15) is 5.10 Å². The monoisotopic (exact) mass is 351 g/mol. The summed E-state index contributed by atoms with van der Waals surface area (Å²) in [5.74, 6) is 1.25. The van der Waals surface area contributed by atoms with Gasteiger partial charge in [-0.05, 0) is 57.0 Å². The van der Waals surface area contributed by atoms with E-state index in [4.69, 9.17) is 4.42 Å². The number of aromatic nitrogens is 3. The summed E-state index contributed by atoms with van der Waals surface area (Å²) in [7, 11) is 0. The van der Waals surface area contributed by atoms with Crippen molar-refractivity contribution in [3.63, 3.8) is 0 Å². The van der Waals surface area contributed by atoms with Gasteiger partial charge in [0.05, 0.1) is 0 Å². The summed E-state index contributed by atoms with van der Waals surface area (Å²) < 4.78 is 7.66. The highest BCUT2D eigenvalue weighted by molar-refractivity contribution is 5.98. The smallest absolute Gasteiger partial charge is 0.252 e. The Morgan fingerprint density at radius 3 is 2.88 bits per heavy atom. The molecule has 134 valence electrons. The lowest BCUT2D eigenvalue weighted by Gasteiger charge is -2.36. The molecule has 1 aromatic carbocycles. The molecule has 7 heteroatoms. The Morgan fingerprint density at radius 2 is 2.15 bits per heavy atom. The van der Waals surface area contributed by atoms with Gasteiger partial charge in [-0.25, -0.2) is 4.98 Å². The predicted molar refractivity (Wildman–Crippen MR) is 96.9 cm³/mol.